The summed E-state index contributed by atoms with van der Waals surface area (Å²) in [7, 11) is 4.09. The first-order valence-electron chi connectivity index (χ1n) is 16.5. The van der Waals surface area contributed by atoms with Gasteiger partial charge in [-0.25, -0.2) is 0 Å². The highest BCUT2D eigenvalue weighted by atomic mass is 35.5. The zero-order chi connectivity index (χ0) is 32.0. The van der Waals surface area contributed by atoms with E-state index < -0.39 is 0 Å². The number of nitrogens with one attached hydrogen (secondary N) is 1. The van der Waals surface area contributed by atoms with Gasteiger partial charge in [0.25, 0.3) is 5.91 Å². The average molecular weight is 621 g/mol. The van der Waals surface area contributed by atoms with E-state index in [1.54, 1.807) is 6.07 Å². The smallest absolute Gasteiger partial charge is 0.251 e. The third kappa shape index (κ3) is 8.07. The Kier molecular flexibility index (Phi) is 11.6. The van der Waals surface area contributed by atoms with Crippen molar-refractivity contribution in [2.45, 2.75) is 85.9 Å². The molecule has 1 amide bonds. The van der Waals surface area contributed by atoms with Gasteiger partial charge in [-0.1, -0.05) is 58.4 Å². The monoisotopic (exact) mass is 620 g/mol. The first-order chi connectivity index (χ1) is 21.0. The van der Waals surface area contributed by atoms with Gasteiger partial charge in [0, 0.05) is 61.4 Å². The molecule has 5 rings (SSSR count). The second kappa shape index (κ2) is 15.0. The molecule has 44 heavy (non-hydrogen) atoms. The SMILES string of the molecule is CC.CCn1c2c(c3cc(CN4CCC(Oc5ccc(C(=O)NCC(C)(C)CN(C)C)cc5Cl)CC4)ccc31)C(C)CC=C2. The Morgan fingerprint density at radius 2 is 1.84 bits per heavy atom. The number of rotatable bonds is 10. The van der Waals surface area contributed by atoms with Gasteiger partial charge in [0.05, 0.1) is 5.02 Å². The Labute approximate surface area is 270 Å². The number of fused-ring (bicyclic) bond motifs is 3. The van der Waals surface area contributed by atoms with Crippen LogP contribution in [0, 0.1) is 5.41 Å². The van der Waals surface area contributed by atoms with Gasteiger partial charge in [0.2, 0.25) is 0 Å². The van der Waals surface area contributed by atoms with Crippen LogP contribution in [0.1, 0.15) is 93.9 Å². The summed E-state index contributed by atoms with van der Waals surface area (Å²) in [5.74, 6) is 1.09. The molecule has 3 aromatic rings. The second-order valence-electron chi connectivity index (χ2n) is 13.3. The van der Waals surface area contributed by atoms with Crippen molar-refractivity contribution >= 4 is 34.5 Å². The van der Waals surface area contributed by atoms with E-state index in [0.717, 1.165) is 52.0 Å². The Hall–Kier alpha value is -2.80. The Bertz CT molecular complexity index is 1450. The largest absolute Gasteiger partial charge is 0.489 e. The molecule has 1 unspecified atom stereocenters. The number of carbonyl (C=O) groups is 1. The van der Waals surface area contributed by atoms with Crippen molar-refractivity contribution in [3.63, 3.8) is 0 Å². The van der Waals surface area contributed by atoms with E-state index in [4.69, 9.17) is 16.3 Å². The van der Waals surface area contributed by atoms with Crippen molar-refractivity contribution in [3.8, 4) is 5.75 Å². The van der Waals surface area contributed by atoms with Crippen molar-refractivity contribution in [1.82, 2.24) is 19.7 Å². The van der Waals surface area contributed by atoms with Crippen LogP contribution in [0.2, 0.25) is 5.02 Å². The first kappa shape index (κ1) is 34.1. The number of hydrogen-bond acceptors (Lipinski definition) is 4. The minimum absolute atomic E-state index is 0.0235. The number of aryl methyl sites for hydroxylation is 1. The minimum atomic E-state index is -0.112. The number of hydrogen-bond donors (Lipinski definition) is 1. The Morgan fingerprint density at radius 1 is 1.11 bits per heavy atom. The van der Waals surface area contributed by atoms with Gasteiger partial charge in [-0.05, 0) is 99.1 Å². The molecule has 0 bridgehead atoms. The van der Waals surface area contributed by atoms with Gasteiger partial charge >= 0.3 is 0 Å². The number of ether oxygens (including phenoxy) is 1. The molecular weight excluding hydrogens is 568 g/mol. The second-order valence-corrected chi connectivity index (χ2v) is 13.7. The molecule has 1 atom stereocenters. The van der Waals surface area contributed by atoms with Crippen LogP contribution in [0.5, 0.6) is 5.75 Å². The topological polar surface area (TPSA) is 49.7 Å². The van der Waals surface area contributed by atoms with Gasteiger partial charge in [-0.2, -0.15) is 0 Å². The number of allylic oxidation sites excluding steroid dienone is 1. The molecule has 1 aliphatic heterocycles. The fourth-order valence-corrected chi connectivity index (χ4v) is 7.01. The van der Waals surface area contributed by atoms with Gasteiger partial charge in [0.15, 0.2) is 0 Å². The van der Waals surface area contributed by atoms with Crippen LogP contribution in [-0.4, -0.2) is 66.7 Å². The summed E-state index contributed by atoms with van der Waals surface area (Å²) in [5.41, 5.74) is 6.16. The van der Waals surface area contributed by atoms with Crippen molar-refractivity contribution in [2.75, 3.05) is 40.3 Å². The number of benzene rings is 2. The van der Waals surface area contributed by atoms with Crippen LogP contribution in [0.15, 0.2) is 42.5 Å². The van der Waals surface area contributed by atoms with Gasteiger partial charge in [0.1, 0.15) is 11.9 Å². The predicted octanol–water partition coefficient (Wildman–Crippen LogP) is 8.22. The molecule has 0 saturated carbocycles. The van der Waals surface area contributed by atoms with Crippen LogP contribution in [0.3, 0.4) is 0 Å². The van der Waals surface area contributed by atoms with Crippen molar-refractivity contribution in [3.05, 3.63) is 69.9 Å². The molecule has 1 aromatic heterocycles. The summed E-state index contributed by atoms with van der Waals surface area (Å²) < 4.78 is 8.78. The molecule has 1 fully saturated rings. The summed E-state index contributed by atoms with van der Waals surface area (Å²) in [5, 5.41) is 4.96. The van der Waals surface area contributed by atoms with Crippen LogP contribution >= 0.6 is 11.6 Å². The number of nitrogens with zero attached hydrogens (tertiary/aromatic N) is 3. The number of likely N-dealkylation sites (tertiary alicyclic amines) is 1. The quantitative estimate of drug-likeness (QED) is 0.248. The molecule has 2 heterocycles. The summed E-state index contributed by atoms with van der Waals surface area (Å²) >= 11 is 6.58. The summed E-state index contributed by atoms with van der Waals surface area (Å²) in [4.78, 5) is 17.4. The Balaban J connectivity index is 0.00000216. The fourth-order valence-electron chi connectivity index (χ4n) is 6.78. The summed E-state index contributed by atoms with van der Waals surface area (Å²) in [6.07, 6.45) is 7.76. The normalized spacial score (nSPS) is 17.4. The molecular formula is C37H53ClN4O2. The zero-order valence-electron chi connectivity index (χ0n) is 28.2. The van der Waals surface area contributed by atoms with Gasteiger partial charge in [-0.15, -0.1) is 0 Å². The maximum Gasteiger partial charge on any atom is 0.251 e. The number of piperidine rings is 1. The highest BCUT2D eigenvalue weighted by Crippen LogP contribution is 2.38. The van der Waals surface area contributed by atoms with Crippen LogP contribution in [0.4, 0.5) is 0 Å². The lowest BCUT2D eigenvalue weighted by Crippen LogP contribution is -2.40. The van der Waals surface area contributed by atoms with Crippen molar-refractivity contribution < 1.29 is 9.53 Å². The van der Waals surface area contributed by atoms with Crippen LogP contribution in [-0.2, 0) is 13.1 Å². The van der Waals surface area contributed by atoms with E-state index in [1.165, 1.54) is 27.7 Å². The molecule has 240 valence electrons. The predicted molar refractivity (Wildman–Crippen MR) is 186 cm³/mol. The number of halogens is 1. The molecule has 0 spiro atoms. The zero-order valence-corrected chi connectivity index (χ0v) is 28.9. The van der Waals surface area contributed by atoms with E-state index >= 15 is 0 Å². The maximum absolute atomic E-state index is 12.8. The molecule has 2 aromatic carbocycles. The highest BCUT2D eigenvalue weighted by molar-refractivity contribution is 6.32. The Morgan fingerprint density at radius 3 is 2.50 bits per heavy atom. The fraction of sp³-hybridized carbons (Fsp3) is 0.541. The number of carbonyl (C=O) groups excluding carboxylic acids is 1. The first-order valence-corrected chi connectivity index (χ1v) is 16.9. The molecule has 0 radical (unpaired) electrons. The van der Waals surface area contributed by atoms with Crippen LogP contribution in [0.25, 0.3) is 17.0 Å². The minimum Gasteiger partial charge on any atom is -0.489 e. The van der Waals surface area contributed by atoms with E-state index in [-0.39, 0.29) is 17.4 Å². The molecule has 1 N–H and O–H groups in total. The number of amides is 1. The molecule has 1 aliphatic carbocycles. The standard InChI is InChI=1S/C35H47ClN4O2.C2H6/c1-7-40-30-13-11-25(19-28(30)33-24(2)9-8-10-31(33)40)21-39-17-15-27(16-18-39)42-32-14-12-26(20-29(32)36)34(41)37-22-35(3,4)23-38(5)6;1-2/h8,10-14,19-20,24,27H,7,9,15-18,21-23H2,1-6H3,(H,37,41);1-2H3. The van der Waals surface area contributed by atoms with Crippen molar-refractivity contribution in [2.24, 2.45) is 5.41 Å². The third-order valence-electron chi connectivity index (χ3n) is 8.68. The summed E-state index contributed by atoms with van der Waals surface area (Å²) in [6, 6.07) is 12.4. The van der Waals surface area contributed by atoms with E-state index in [0.29, 0.717) is 28.8 Å². The van der Waals surface area contributed by atoms with E-state index in [9.17, 15) is 4.79 Å². The molecule has 1 saturated heterocycles. The lowest BCUT2D eigenvalue weighted by atomic mass is 9.90. The van der Waals surface area contributed by atoms with E-state index in [2.05, 4.69) is 77.7 Å². The van der Waals surface area contributed by atoms with Crippen LogP contribution < -0.4 is 10.1 Å². The third-order valence-corrected chi connectivity index (χ3v) is 8.98. The maximum atomic E-state index is 12.8. The van der Waals surface area contributed by atoms with Crippen molar-refractivity contribution in [1.29, 1.82) is 0 Å². The molecule has 2 aliphatic rings. The van der Waals surface area contributed by atoms with E-state index in [1.807, 2.05) is 40.1 Å². The number of aromatic nitrogens is 1. The van der Waals surface area contributed by atoms with Gasteiger partial charge in [-0.3, -0.25) is 9.69 Å². The van der Waals surface area contributed by atoms with Gasteiger partial charge < -0.3 is 19.5 Å². The summed E-state index contributed by atoms with van der Waals surface area (Å²) in [6.45, 7) is 18.3. The molecule has 7 heteroatoms. The average Bonchev–Trinajstić information content (AvgIpc) is 3.32. The lowest BCUT2D eigenvalue weighted by molar-refractivity contribution is 0.0928. The highest BCUT2D eigenvalue weighted by Gasteiger charge is 2.25. The lowest BCUT2D eigenvalue weighted by Gasteiger charge is -2.32. The molecule has 6 nitrogen and oxygen atoms in total.